The Morgan fingerprint density at radius 1 is 1.67 bits per heavy atom. The molecule has 68 valence electrons. The highest BCUT2D eigenvalue weighted by atomic mass is 16.4. The molecule has 1 rings (SSSR count). The van der Waals surface area contributed by atoms with Gasteiger partial charge in [0.05, 0.1) is 0 Å². The van der Waals surface area contributed by atoms with Gasteiger partial charge in [0, 0.05) is 19.6 Å². The molecule has 1 fully saturated rings. The highest BCUT2D eigenvalue weighted by molar-refractivity contribution is 5.83. The molecule has 5 heteroatoms. The number of hydrogen-bond acceptors (Lipinski definition) is 2. The Morgan fingerprint density at radius 2 is 2.25 bits per heavy atom. The molecule has 1 heterocycles. The van der Waals surface area contributed by atoms with Crippen LogP contribution < -0.4 is 0 Å². The van der Waals surface area contributed by atoms with Gasteiger partial charge in [0.2, 0.25) is 5.91 Å². The number of carbonyl (C=O) groups is 2. The van der Waals surface area contributed by atoms with Crippen molar-refractivity contribution in [1.29, 1.82) is 0 Å². The quantitative estimate of drug-likeness (QED) is 0.551. The molecule has 0 aromatic heterocycles. The third-order valence-electron chi connectivity index (χ3n) is 2.14. The molecular formula is C7H12N2O3. The molecule has 1 unspecified atom stereocenters. The molecule has 0 bridgehead atoms. The van der Waals surface area contributed by atoms with Gasteiger partial charge in [-0.05, 0) is 6.92 Å². The number of amides is 2. The van der Waals surface area contributed by atoms with Crippen molar-refractivity contribution in [3.05, 3.63) is 0 Å². The van der Waals surface area contributed by atoms with E-state index in [0.717, 1.165) is 4.90 Å². The van der Waals surface area contributed by atoms with Crippen LogP contribution in [-0.4, -0.2) is 53.1 Å². The fourth-order valence-corrected chi connectivity index (χ4v) is 1.17. The van der Waals surface area contributed by atoms with Crippen LogP contribution in [0.3, 0.4) is 0 Å². The van der Waals surface area contributed by atoms with Crippen LogP contribution in [0.5, 0.6) is 0 Å². The van der Waals surface area contributed by atoms with Gasteiger partial charge in [-0.1, -0.05) is 0 Å². The predicted octanol–water partition coefficient (Wildman–Crippen LogP) is -0.173. The zero-order valence-electron chi connectivity index (χ0n) is 7.15. The maximum atomic E-state index is 11.1. The van der Waals surface area contributed by atoms with E-state index >= 15 is 0 Å². The summed E-state index contributed by atoms with van der Waals surface area (Å²) in [6, 6.07) is -0.0256. The van der Waals surface area contributed by atoms with E-state index in [1.54, 1.807) is 11.9 Å². The third kappa shape index (κ3) is 1.49. The molecule has 0 aromatic rings. The first-order chi connectivity index (χ1) is 5.52. The summed E-state index contributed by atoms with van der Waals surface area (Å²) < 4.78 is 0. The summed E-state index contributed by atoms with van der Waals surface area (Å²) in [4.78, 5) is 24.3. The van der Waals surface area contributed by atoms with Gasteiger partial charge in [-0.25, -0.2) is 4.79 Å². The summed E-state index contributed by atoms with van der Waals surface area (Å²) in [7, 11) is 1.69. The van der Waals surface area contributed by atoms with Gasteiger partial charge >= 0.3 is 6.09 Å². The number of rotatable bonds is 0. The molecule has 2 amide bonds. The Labute approximate surface area is 70.6 Å². The molecule has 1 N–H and O–H groups in total. The van der Waals surface area contributed by atoms with Crippen molar-refractivity contribution in [1.82, 2.24) is 9.80 Å². The molecular weight excluding hydrogens is 160 g/mol. The minimum absolute atomic E-state index is 0.0177. The number of hydrogen-bond donors (Lipinski definition) is 1. The van der Waals surface area contributed by atoms with Crippen molar-refractivity contribution in [2.45, 2.75) is 13.0 Å². The topological polar surface area (TPSA) is 60.9 Å². The molecule has 1 aliphatic heterocycles. The molecule has 0 spiro atoms. The molecule has 0 aliphatic carbocycles. The lowest BCUT2D eigenvalue weighted by Gasteiger charge is -2.35. The lowest BCUT2D eigenvalue weighted by molar-refractivity contribution is -0.136. The van der Waals surface area contributed by atoms with Gasteiger partial charge in [-0.3, -0.25) is 9.69 Å². The first-order valence-corrected chi connectivity index (χ1v) is 3.76. The highest BCUT2D eigenvalue weighted by Gasteiger charge is 2.29. The zero-order valence-corrected chi connectivity index (χ0v) is 7.15. The lowest BCUT2D eigenvalue weighted by Crippen LogP contribution is -2.54. The van der Waals surface area contributed by atoms with Crippen LogP contribution >= 0.6 is 0 Å². The summed E-state index contributed by atoms with van der Waals surface area (Å²) in [5.41, 5.74) is 0. The molecule has 0 radical (unpaired) electrons. The van der Waals surface area contributed by atoms with Crippen LogP contribution in [0.4, 0.5) is 4.79 Å². The van der Waals surface area contributed by atoms with Gasteiger partial charge < -0.3 is 10.0 Å². The van der Waals surface area contributed by atoms with E-state index in [-0.39, 0.29) is 18.5 Å². The van der Waals surface area contributed by atoms with E-state index in [0.29, 0.717) is 6.54 Å². The first kappa shape index (κ1) is 8.83. The fourth-order valence-electron chi connectivity index (χ4n) is 1.17. The minimum atomic E-state index is -1.02. The van der Waals surface area contributed by atoms with Gasteiger partial charge in [0.25, 0.3) is 0 Å². The van der Waals surface area contributed by atoms with Gasteiger partial charge in [0.1, 0.15) is 6.54 Å². The van der Waals surface area contributed by atoms with Crippen LogP contribution in [0.25, 0.3) is 0 Å². The monoisotopic (exact) mass is 172 g/mol. The van der Waals surface area contributed by atoms with E-state index in [2.05, 4.69) is 0 Å². The van der Waals surface area contributed by atoms with Gasteiger partial charge in [-0.15, -0.1) is 0 Å². The summed E-state index contributed by atoms with van der Waals surface area (Å²) in [6.45, 7) is 2.21. The second kappa shape index (κ2) is 3.00. The number of carboxylic acid groups (broad SMARTS) is 1. The zero-order chi connectivity index (χ0) is 9.30. The Bertz CT molecular complexity index is 217. The molecule has 5 nitrogen and oxygen atoms in total. The standard InChI is InChI=1S/C7H12N2O3/c1-5-3-9(7(11)12)4-6(10)8(5)2/h5H,3-4H2,1-2H3,(H,11,12). The Balaban J connectivity index is 2.66. The van der Waals surface area contributed by atoms with Crippen molar-refractivity contribution in [3.63, 3.8) is 0 Å². The highest BCUT2D eigenvalue weighted by Crippen LogP contribution is 2.07. The normalized spacial score (nSPS) is 24.5. The fraction of sp³-hybridized carbons (Fsp3) is 0.714. The Morgan fingerprint density at radius 3 is 2.67 bits per heavy atom. The predicted molar refractivity (Wildman–Crippen MR) is 41.8 cm³/mol. The van der Waals surface area contributed by atoms with E-state index in [1.165, 1.54) is 0 Å². The molecule has 1 saturated heterocycles. The largest absolute Gasteiger partial charge is 0.465 e. The number of piperazine rings is 1. The lowest BCUT2D eigenvalue weighted by atomic mass is 10.2. The van der Waals surface area contributed by atoms with Crippen LogP contribution in [0.15, 0.2) is 0 Å². The second-order valence-electron chi connectivity index (χ2n) is 3.02. The van der Waals surface area contributed by atoms with Crippen LogP contribution in [0.2, 0.25) is 0 Å². The van der Waals surface area contributed by atoms with Crippen molar-refractivity contribution in [2.24, 2.45) is 0 Å². The molecule has 0 aromatic carbocycles. The minimum Gasteiger partial charge on any atom is -0.465 e. The number of likely N-dealkylation sites (N-methyl/N-ethyl adjacent to an activating group) is 1. The van der Waals surface area contributed by atoms with Crippen molar-refractivity contribution < 1.29 is 14.7 Å². The SMILES string of the molecule is CC1CN(C(=O)O)CC(=O)N1C. The average Bonchev–Trinajstić information content (AvgIpc) is 1.99. The Kier molecular flexibility index (Phi) is 2.21. The smallest absolute Gasteiger partial charge is 0.407 e. The second-order valence-corrected chi connectivity index (χ2v) is 3.02. The summed E-state index contributed by atoms with van der Waals surface area (Å²) in [5.74, 6) is -0.142. The first-order valence-electron chi connectivity index (χ1n) is 3.76. The molecule has 1 aliphatic rings. The average molecular weight is 172 g/mol. The van der Waals surface area contributed by atoms with Crippen molar-refractivity contribution in [3.8, 4) is 0 Å². The maximum absolute atomic E-state index is 11.1. The van der Waals surface area contributed by atoms with Crippen LogP contribution in [-0.2, 0) is 4.79 Å². The van der Waals surface area contributed by atoms with Crippen LogP contribution in [0, 0.1) is 0 Å². The Hall–Kier alpha value is -1.26. The summed E-state index contributed by atoms with van der Waals surface area (Å²) in [5, 5.41) is 8.62. The summed E-state index contributed by atoms with van der Waals surface area (Å²) in [6.07, 6.45) is -1.02. The van der Waals surface area contributed by atoms with E-state index in [1.807, 2.05) is 6.92 Å². The maximum Gasteiger partial charge on any atom is 0.407 e. The third-order valence-corrected chi connectivity index (χ3v) is 2.14. The number of nitrogens with zero attached hydrogens (tertiary/aromatic N) is 2. The van der Waals surface area contributed by atoms with E-state index in [9.17, 15) is 9.59 Å². The van der Waals surface area contributed by atoms with E-state index < -0.39 is 6.09 Å². The van der Waals surface area contributed by atoms with Gasteiger partial charge in [-0.2, -0.15) is 0 Å². The van der Waals surface area contributed by atoms with Crippen molar-refractivity contribution in [2.75, 3.05) is 20.1 Å². The molecule has 1 atom stereocenters. The van der Waals surface area contributed by atoms with Crippen molar-refractivity contribution >= 4 is 12.0 Å². The molecule has 0 saturated carbocycles. The van der Waals surface area contributed by atoms with Gasteiger partial charge in [0.15, 0.2) is 0 Å². The summed E-state index contributed by atoms with van der Waals surface area (Å²) >= 11 is 0. The molecule has 12 heavy (non-hydrogen) atoms. The van der Waals surface area contributed by atoms with Crippen LogP contribution in [0.1, 0.15) is 6.92 Å². The number of carbonyl (C=O) groups excluding carboxylic acids is 1. The van der Waals surface area contributed by atoms with E-state index in [4.69, 9.17) is 5.11 Å².